The monoisotopic (exact) mass is 253 g/mol. The number of hydrogen-bond acceptors (Lipinski definition) is 3. The van der Waals surface area contributed by atoms with Crippen molar-refractivity contribution in [2.45, 2.75) is 6.92 Å². The molecule has 0 amide bonds. The van der Waals surface area contributed by atoms with Crippen LogP contribution in [0, 0.1) is 0 Å². The number of aromatic amines is 1. The summed E-state index contributed by atoms with van der Waals surface area (Å²) in [5.41, 5.74) is 0.820. The van der Waals surface area contributed by atoms with Gasteiger partial charge in [0, 0.05) is 22.4 Å². The van der Waals surface area contributed by atoms with Crippen molar-refractivity contribution in [1.82, 2.24) is 4.98 Å². The molecule has 1 heterocycles. The van der Waals surface area contributed by atoms with Crippen molar-refractivity contribution in [3.63, 3.8) is 0 Å². The van der Waals surface area contributed by atoms with Crippen molar-refractivity contribution < 1.29 is 9.90 Å². The third-order valence-corrected chi connectivity index (χ3v) is 3.21. The molecule has 0 atom stereocenters. The summed E-state index contributed by atoms with van der Waals surface area (Å²) in [6.07, 6.45) is 0. The Morgan fingerprint density at radius 1 is 1.05 bits per heavy atom. The summed E-state index contributed by atoms with van der Waals surface area (Å²) in [5.74, 6) is 0.0231. The highest BCUT2D eigenvalue weighted by molar-refractivity contribution is 6.08. The molecule has 4 heteroatoms. The number of phenolic OH excluding ortho intramolecular Hbond substituents is 1. The topological polar surface area (TPSA) is 70.2 Å². The summed E-state index contributed by atoms with van der Waals surface area (Å²) in [6.45, 7) is 1.47. The molecule has 1 aromatic heterocycles. The van der Waals surface area contributed by atoms with E-state index in [4.69, 9.17) is 0 Å². The fourth-order valence-electron chi connectivity index (χ4n) is 2.25. The van der Waals surface area contributed by atoms with Crippen molar-refractivity contribution in [3.8, 4) is 5.75 Å². The van der Waals surface area contributed by atoms with Gasteiger partial charge in [-0.25, -0.2) is 0 Å². The van der Waals surface area contributed by atoms with Crippen molar-refractivity contribution in [2.24, 2.45) is 0 Å². The Balaban J connectivity index is 2.49. The number of hydrogen-bond donors (Lipinski definition) is 2. The highest BCUT2D eigenvalue weighted by atomic mass is 16.3. The molecule has 0 saturated carbocycles. The molecule has 3 aromatic rings. The summed E-state index contributed by atoms with van der Waals surface area (Å²) >= 11 is 0. The number of aromatic hydroxyl groups is 1. The van der Waals surface area contributed by atoms with Crippen LogP contribution in [0.2, 0.25) is 0 Å². The van der Waals surface area contributed by atoms with E-state index < -0.39 is 0 Å². The number of Topliss-reactive ketones (excluding diaryl/α,β-unsaturated/α-hetero) is 1. The summed E-state index contributed by atoms with van der Waals surface area (Å²) in [6, 6.07) is 9.89. The molecule has 0 saturated heterocycles. The summed E-state index contributed by atoms with van der Waals surface area (Å²) in [5, 5.41) is 11.5. The number of pyridine rings is 1. The first kappa shape index (κ1) is 11.5. The van der Waals surface area contributed by atoms with Crippen LogP contribution in [-0.2, 0) is 0 Å². The zero-order valence-corrected chi connectivity index (χ0v) is 10.2. The molecule has 19 heavy (non-hydrogen) atoms. The fraction of sp³-hybridized carbons (Fsp3) is 0.0667. The van der Waals surface area contributed by atoms with E-state index in [9.17, 15) is 14.7 Å². The molecule has 0 unspecified atom stereocenters. The Morgan fingerprint density at radius 3 is 2.53 bits per heavy atom. The van der Waals surface area contributed by atoms with Gasteiger partial charge in [-0.15, -0.1) is 0 Å². The van der Waals surface area contributed by atoms with Crippen LogP contribution in [0.3, 0.4) is 0 Å². The Labute approximate surface area is 108 Å². The van der Waals surface area contributed by atoms with Crippen molar-refractivity contribution in [3.05, 3.63) is 52.3 Å². The SMILES string of the molecule is CC(=O)c1ccc2c(c1)c(=O)[nH]c1cc(O)ccc12. The third-order valence-electron chi connectivity index (χ3n) is 3.21. The number of benzene rings is 2. The second-order valence-electron chi connectivity index (χ2n) is 4.50. The number of nitrogens with one attached hydrogen (secondary N) is 1. The maximum Gasteiger partial charge on any atom is 0.256 e. The van der Waals surface area contributed by atoms with Gasteiger partial charge >= 0.3 is 0 Å². The van der Waals surface area contributed by atoms with Crippen LogP contribution < -0.4 is 5.56 Å². The van der Waals surface area contributed by atoms with E-state index in [2.05, 4.69) is 4.98 Å². The standard InChI is InChI=1S/C15H11NO3/c1-8(17)9-2-4-11-12-5-3-10(18)7-14(12)16-15(19)13(11)6-9/h2-7,18H,1H3,(H,16,19). The summed E-state index contributed by atoms with van der Waals surface area (Å²) < 4.78 is 0. The first-order chi connectivity index (χ1) is 9.06. The predicted molar refractivity (Wildman–Crippen MR) is 73.7 cm³/mol. The van der Waals surface area contributed by atoms with Crippen LogP contribution in [0.15, 0.2) is 41.2 Å². The van der Waals surface area contributed by atoms with Gasteiger partial charge in [-0.2, -0.15) is 0 Å². The second kappa shape index (κ2) is 3.95. The van der Waals surface area contributed by atoms with Gasteiger partial charge in [0.1, 0.15) is 5.75 Å². The number of rotatable bonds is 1. The predicted octanol–water partition coefficient (Wildman–Crippen LogP) is 2.59. The molecule has 2 aromatic carbocycles. The Morgan fingerprint density at radius 2 is 1.79 bits per heavy atom. The number of ketones is 1. The molecule has 3 rings (SSSR count). The molecule has 2 N–H and O–H groups in total. The van der Waals surface area contributed by atoms with Crippen LogP contribution in [0.5, 0.6) is 5.75 Å². The lowest BCUT2D eigenvalue weighted by Crippen LogP contribution is -2.07. The van der Waals surface area contributed by atoms with Gasteiger partial charge in [-0.1, -0.05) is 12.1 Å². The Kier molecular flexibility index (Phi) is 2.38. The Hall–Kier alpha value is -2.62. The van der Waals surface area contributed by atoms with Crippen molar-refractivity contribution in [1.29, 1.82) is 0 Å². The van der Waals surface area contributed by atoms with E-state index in [0.29, 0.717) is 16.5 Å². The van der Waals surface area contributed by atoms with Crippen LogP contribution in [0.4, 0.5) is 0 Å². The largest absolute Gasteiger partial charge is 0.508 e. The lowest BCUT2D eigenvalue weighted by molar-refractivity contribution is 0.101. The van der Waals surface area contributed by atoms with E-state index in [1.165, 1.54) is 13.0 Å². The molecular formula is C15H11NO3. The molecule has 94 valence electrons. The molecule has 0 aliphatic carbocycles. The van der Waals surface area contributed by atoms with Crippen molar-refractivity contribution >= 4 is 27.5 Å². The van der Waals surface area contributed by atoms with Gasteiger partial charge in [0.2, 0.25) is 0 Å². The van der Waals surface area contributed by atoms with Crippen LogP contribution in [0.1, 0.15) is 17.3 Å². The number of aromatic nitrogens is 1. The highest BCUT2D eigenvalue weighted by Gasteiger charge is 2.08. The van der Waals surface area contributed by atoms with Crippen LogP contribution in [-0.4, -0.2) is 15.9 Å². The minimum absolute atomic E-state index is 0.0768. The van der Waals surface area contributed by atoms with Gasteiger partial charge in [-0.3, -0.25) is 9.59 Å². The minimum Gasteiger partial charge on any atom is -0.508 e. The van der Waals surface area contributed by atoms with E-state index in [0.717, 1.165) is 10.8 Å². The number of phenols is 1. The average Bonchev–Trinajstić information content (AvgIpc) is 2.38. The zero-order chi connectivity index (χ0) is 13.6. The average molecular weight is 253 g/mol. The Bertz CT molecular complexity index is 878. The maximum absolute atomic E-state index is 12.0. The van der Waals surface area contributed by atoms with Gasteiger partial charge in [0.05, 0.1) is 5.52 Å². The lowest BCUT2D eigenvalue weighted by atomic mass is 10.0. The molecule has 0 bridgehead atoms. The second-order valence-corrected chi connectivity index (χ2v) is 4.50. The summed E-state index contributed by atoms with van der Waals surface area (Å²) in [7, 11) is 0. The fourth-order valence-corrected chi connectivity index (χ4v) is 2.25. The van der Waals surface area contributed by atoms with Gasteiger partial charge in [0.15, 0.2) is 5.78 Å². The molecule has 0 aliphatic rings. The quantitative estimate of drug-likeness (QED) is 0.517. The maximum atomic E-state index is 12.0. The zero-order valence-electron chi connectivity index (χ0n) is 10.2. The normalized spacial score (nSPS) is 11.0. The molecule has 0 spiro atoms. The molecular weight excluding hydrogens is 242 g/mol. The van der Waals surface area contributed by atoms with Crippen LogP contribution in [0.25, 0.3) is 21.7 Å². The van der Waals surface area contributed by atoms with Gasteiger partial charge < -0.3 is 10.1 Å². The molecule has 4 nitrogen and oxygen atoms in total. The van der Waals surface area contributed by atoms with E-state index in [-0.39, 0.29) is 17.1 Å². The minimum atomic E-state index is -0.267. The lowest BCUT2D eigenvalue weighted by Gasteiger charge is -2.05. The molecule has 0 radical (unpaired) electrons. The van der Waals surface area contributed by atoms with Gasteiger partial charge in [-0.05, 0) is 30.5 Å². The van der Waals surface area contributed by atoms with E-state index in [1.807, 2.05) is 0 Å². The van der Waals surface area contributed by atoms with E-state index in [1.54, 1.807) is 30.3 Å². The number of carbonyl (C=O) groups is 1. The number of carbonyl (C=O) groups excluding carboxylic acids is 1. The van der Waals surface area contributed by atoms with Gasteiger partial charge in [0.25, 0.3) is 5.56 Å². The smallest absolute Gasteiger partial charge is 0.256 e. The first-order valence-electron chi connectivity index (χ1n) is 5.86. The number of H-pyrrole nitrogens is 1. The van der Waals surface area contributed by atoms with E-state index >= 15 is 0 Å². The third kappa shape index (κ3) is 1.78. The highest BCUT2D eigenvalue weighted by Crippen LogP contribution is 2.24. The van der Waals surface area contributed by atoms with Crippen LogP contribution >= 0.6 is 0 Å². The van der Waals surface area contributed by atoms with Crippen molar-refractivity contribution in [2.75, 3.05) is 0 Å². The summed E-state index contributed by atoms with van der Waals surface area (Å²) in [4.78, 5) is 26.1. The molecule has 0 fully saturated rings. The number of fused-ring (bicyclic) bond motifs is 3. The molecule has 0 aliphatic heterocycles. The first-order valence-corrected chi connectivity index (χ1v) is 5.86.